The highest BCUT2D eigenvalue weighted by Crippen LogP contribution is 2.17. The molecule has 1 aromatic rings. The SMILES string of the molecule is CN=C(NCCCCOc1ccc(F)cc1)NC1CCCC1.I. The molecule has 130 valence electrons. The van der Waals surface area contributed by atoms with Crippen molar-refractivity contribution in [3.05, 3.63) is 30.1 Å². The van der Waals surface area contributed by atoms with Gasteiger partial charge in [-0.3, -0.25) is 4.99 Å². The van der Waals surface area contributed by atoms with E-state index < -0.39 is 0 Å². The smallest absolute Gasteiger partial charge is 0.191 e. The Hall–Kier alpha value is -1.05. The fourth-order valence-electron chi connectivity index (χ4n) is 2.61. The summed E-state index contributed by atoms with van der Waals surface area (Å²) in [6.07, 6.45) is 7.07. The summed E-state index contributed by atoms with van der Waals surface area (Å²) in [7, 11) is 1.81. The van der Waals surface area contributed by atoms with Crippen LogP contribution in [0.3, 0.4) is 0 Å². The van der Waals surface area contributed by atoms with E-state index in [0.717, 1.165) is 25.3 Å². The average molecular weight is 435 g/mol. The Morgan fingerprint density at radius 1 is 1.22 bits per heavy atom. The molecule has 0 amide bonds. The zero-order valence-corrected chi connectivity index (χ0v) is 16.0. The van der Waals surface area contributed by atoms with Gasteiger partial charge < -0.3 is 15.4 Å². The van der Waals surface area contributed by atoms with E-state index >= 15 is 0 Å². The van der Waals surface area contributed by atoms with Crippen molar-refractivity contribution < 1.29 is 9.13 Å². The molecule has 23 heavy (non-hydrogen) atoms. The molecule has 0 bridgehead atoms. The standard InChI is InChI=1S/C17H26FN3O.HI/c1-19-17(21-15-6-2-3-7-15)20-12-4-5-13-22-16-10-8-14(18)9-11-16;/h8-11,15H,2-7,12-13H2,1H3,(H2,19,20,21);1H. The van der Waals surface area contributed by atoms with E-state index in [1.807, 2.05) is 7.05 Å². The second-order valence-electron chi connectivity index (χ2n) is 5.63. The summed E-state index contributed by atoms with van der Waals surface area (Å²) in [4.78, 5) is 4.25. The fraction of sp³-hybridized carbons (Fsp3) is 0.588. The van der Waals surface area contributed by atoms with Crippen molar-refractivity contribution in [2.75, 3.05) is 20.2 Å². The second-order valence-corrected chi connectivity index (χ2v) is 5.63. The number of hydrogen-bond acceptors (Lipinski definition) is 2. The van der Waals surface area contributed by atoms with Gasteiger partial charge in [0.25, 0.3) is 0 Å². The number of aliphatic imine (C=N–C) groups is 1. The van der Waals surface area contributed by atoms with Gasteiger partial charge in [-0.2, -0.15) is 0 Å². The maximum absolute atomic E-state index is 12.7. The zero-order chi connectivity index (χ0) is 15.6. The zero-order valence-electron chi connectivity index (χ0n) is 13.7. The van der Waals surface area contributed by atoms with Crippen molar-refractivity contribution >= 4 is 29.9 Å². The molecule has 1 aliphatic carbocycles. The van der Waals surface area contributed by atoms with E-state index in [0.29, 0.717) is 18.4 Å². The monoisotopic (exact) mass is 435 g/mol. The normalized spacial score (nSPS) is 15.1. The Bertz CT molecular complexity index is 461. The Kier molecular flexibility index (Phi) is 9.98. The molecular formula is C17H27FIN3O. The van der Waals surface area contributed by atoms with Crippen molar-refractivity contribution in [2.45, 2.75) is 44.6 Å². The van der Waals surface area contributed by atoms with Gasteiger partial charge in [0.15, 0.2) is 5.96 Å². The minimum Gasteiger partial charge on any atom is -0.494 e. The topological polar surface area (TPSA) is 45.7 Å². The van der Waals surface area contributed by atoms with Crippen LogP contribution in [0.4, 0.5) is 4.39 Å². The number of guanidine groups is 1. The summed E-state index contributed by atoms with van der Waals surface area (Å²) in [5.41, 5.74) is 0. The summed E-state index contributed by atoms with van der Waals surface area (Å²) in [5.74, 6) is 1.37. The molecule has 2 rings (SSSR count). The first-order valence-electron chi connectivity index (χ1n) is 8.13. The number of unbranched alkanes of at least 4 members (excludes halogenated alkanes) is 1. The largest absolute Gasteiger partial charge is 0.494 e. The van der Waals surface area contributed by atoms with E-state index in [4.69, 9.17) is 4.74 Å². The molecule has 1 fully saturated rings. The van der Waals surface area contributed by atoms with E-state index in [1.54, 1.807) is 12.1 Å². The molecule has 0 heterocycles. The highest BCUT2D eigenvalue weighted by molar-refractivity contribution is 14.0. The van der Waals surface area contributed by atoms with E-state index in [1.165, 1.54) is 37.8 Å². The lowest BCUT2D eigenvalue weighted by Crippen LogP contribution is -2.42. The minimum atomic E-state index is -0.238. The lowest BCUT2D eigenvalue weighted by molar-refractivity contribution is 0.306. The van der Waals surface area contributed by atoms with E-state index in [2.05, 4.69) is 15.6 Å². The lowest BCUT2D eigenvalue weighted by atomic mass is 10.2. The fourth-order valence-corrected chi connectivity index (χ4v) is 2.61. The van der Waals surface area contributed by atoms with E-state index in [9.17, 15) is 4.39 Å². The van der Waals surface area contributed by atoms with Gasteiger partial charge in [0.1, 0.15) is 11.6 Å². The van der Waals surface area contributed by atoms with Gasteiger partial charge in [0.05, 0.1) is 6.61 Å². The number of hydrogen-bond donors (Lipinski definition) is 2. The van der Waals surface area contributed by atoms with Crippen LogP contribution in [0.2, 0.25) is 0 Å². The number of benzene rings is 1. The third-order valence-corrected chi connectivity index (χ3v) is 3.87. The van der Waals surface area contributed by atoms with Gasteiger partial charge in [-0.15, -0.1) is 24.0 Å². The maximum Gasteiger partial charge on any atom is 0.191 e. The second kappa shape index (κ2) is 11.5. The first-order chi connectivity index (χ1) is 10.8. The molecule has 0 spiro atoms. The minimum absolute atomic E-state index is 0. The van der Waals surface area contributed by atoms with Crippen LogP contribution in [0.15, 0.2) is 29.3 Å². The number of nitrogens with one attached hydrogen (secondary N) is 2. The third kappa shape index (κ3) is 7.85. The molecule has 0 radical (unpaired) electrons. The molecule has 0 aliphatic heterocycles. The van der Waals surface area contributed by atoms with Crippen LogP contribution in [-0.4, -0.2) is 32.2 Å². The van der Waals surface area contributed by atoms with Crippen molar-refractivity contribution in [3.8, 4) is 5.75 Å². The van der Waals surface area contributed by atoms with E-state index in [-0.39, 0.29) is 29.8 Å². The Morgan fingerprint density at radius 3 is 2.57 bits per heavy atom. The highest BCUT2D eigenvalue weighted by atomic mass is 127. The molecule has 0 atom stereocenters. The number of halogens is 2. The number of nitrogens with zero attached hydrogens (tertiary/aromatic N) is 1. The highest BCUT2D eigenvalue weighted by Gasteiger charge is 2.15. The predicted octanol–water partition coefficient (Wildman–Crippen LogP) is 3.71. The summed E-state index contributed by atoms with van der Waals surface area (Å²) in [6, 6.07) is 6.71. The quantitative estimate of drug-likeness (QED) is 0.297. The molecule has 0 unspecified atom stereocenters. The van der Waals surface area contributed by atoms with Crippen LogP contribution < -0.4 is 15.4 Å². The van der Waals surface area contributed by atoms with Gasteiger partial charge in [-0.05, 0) is 49.9 Å². The van der Waals surface area contributed by atoms with Crippen molar-refractivity contribution in [2.24, 2.45) is 4.99 Å². The first-order valence-corrected chi connectivity index (χ1v) is 8.13. The van der Waals surface area contributed by atoms with Crippen LogP contribution in [0.25, 0.3) is 0 Å². The van der Waals surface area contributed by atoms with Gasteiger partial charge >= 0.3 is 0 Å². The van der Waals surface area contributed by atoms with Gasteiger partial charge in [-0.25, -0.2) is 4.39 Å². The average Bonchev–Trinajstić information content (AvgIpc) is 3.04. The van der Waals surface area contributed by atoms with Crippen LogP contribution in [-0.2, 0) is 0 Å². The van der Waals surface area contributed by atoms with Gasteiger partial charge in [-0.1, -0.05) is 12.8 Å². The number of ether oxygens (including phenoxy) is 1. The van der Waals surface area contributed by atoms with Crippen molar-refractivity contribution in [1.29, 1.82) is 0 Å². The Morgan fingerprint density at radius 2 is 1.91 bits per heavy atom. The van der Waals surface area contributed by atoms with Crippen LogP contribution in [0.1, 0.15) is 38.5 Å². The van der Waals surface area contributed by atoms with Gasteiger partial charge in [0.2, 0.25) is 0 Å². The molecule has 1 saturated carbocycles. The third-order valence-electron chi connectivity index (χ3n) is 3.87. The maximum atomic E-state index is 12.7. The first kappa shape index (κ1) is 20.0. The van der Waals surface area contributed by atoms with Crippen molar-refractivity contribution in [3.63, 3.8) is 0 Å². The van der Waals surface area contributed by atoms with Crippen LogP contribution in [0, 0.1) is 5.82 Å². The molecule has 1 aromatic carbocycles. The molecule has 4 nitrogen and oxygen atoms in total. The summed E-state index contributed by atoms with van der Waals surface area (Å²) >= 11 is 0. The van der Waals surface area contributed by atoms with Crippen molar-refractivity contribution in [1.82, 2.24) is 10.6 Å². The summed E-state index contributed by atoms with van der Waals surface area (Å²) in [5, 5.41) is 6.80. The summed E-state index contributed by atoms with van der Waals surface area (Å²) < 4.78 is 18.3. The molecule has 0 saturated heterocycles. The molecular weight excluding hydrogens is 408 g/mol. The Labute approximate surface area is 155 Å². The Balaban J connectivity index is 0.00000264. The van der Waals surface area contributed by atoms with Gasteiger partial charge in [0, 0.05) is 19.6 Å². The molecule has 1 aliphatic rings. The summed E-state index contributed by atoms with van der Waals surface area (Å²) in [6.45, 7) is 1.52. The molecule has 0 aromatic heterocycles. The van der Waals surface area contributed by atoms with Crippen LogP contribution in [0.5, 0.6) is 5.75 Å². The molecule has 6 heteroatoms. The lowest BCUT2D eigenvalue weighted by Gasteiger charge is -2.16. The predicted molar refractivity (Wildman–Crippen MR) is 103 cm³/mol. The number of rotatable bonds is 7. The molecule has 2 N–H and O–H groups in total. The van der Waals surface area contributed by atoms with Crippen LogP contribution >= 0.6 is 24.0 Å².